The van der Waals surface area contributed by atoms with E-state index in [1.807, 2.05) is 12.1 Å². The summed E-state index contributed by atoms with van der Waals surface area (Å²) in [7, 11) is 5.75. The molecule has 3 aliphatic heterocycles. The molecule has 3 aliphatic rings. The van der Waals surface area contributed by atoms with Crippen molar-refractivity contribution in [3.63, 3.8) is 0 Å². The predicted molar refractivity (Wildman–Crippen MR) is 173 cm³/mol. The molecular formula is C33H41N9O2. The van der Waals surface area contributed by atoms with Crippen LogP contribution in [-0.2, 0) is 16.0 Å². The van der Waals surface area contributed by atoms with Crippen LogP contribution >= 0.6 is 0 Å². The Bertz CT molecular complexity index is 1600. The number of nitrogens with zero attached hydrogens (tertiary/aromatic N) is 8. The van der Waals surface area contributed by atoms with Crippen LogP contribution in [0.15, 0.2) is 48.5 Å². The lowest BCUT2D eigenvalue weighted by Gasteiger charge is -2.42. The predicted octanol–water partition coefficient (Wildman–Crippen LogP) is 2.86. The van der Waals surface area contributed by atoms with E-state index >= 15 is 0 Å². The Morgan fingerprint density at radius 1 is 0.795 bits per heavy atom. The number of rotatable bonds is 5. The molecule has 230 valence electrons. The number of nitrogens with one attached hydrogen (secondary N) is 1. The van der Waals surface area contributed by atoms with E-state index in [1.54, 1.807) is 0 Å². The van der Waals surface area contributed by atoms with E-state index < -0.39 is 6.04 Å². The molecule has 2 aromatic heterocycles. The first-order chi connectivity index (χ1) is 21.4. The molecule has 0 bridgehead atoms. The third-order valence-corrected chi connectivity index (χ3v) is 9.40. The average molecular weight is 596 g/mol. The summed E-state index contributed by atoms with van der Waals surface area (Å²) >= 11 is 0. The zero-order valence-corrected chi connectivity index (χ0v) is 26.0. The van der Waals surface area contributed by atoms with Crippen molar-refractivity contribution in [2.75, 3.05) is 88.3 Å². The van der Waals surface area contributed by atoms with Crippen LogP contribution in [0, 0.1) is 6.92 Å². The number of para-hydroxylation sites is 1. The number of hydrogen-bond donors (Lipinski definition) is 1. The minimum Gasteiger partial charge on any atom is -0.467 e. The number of benzene rings is 2. The number of anilines is 3. The number of aromatic nitrogens is 4. The maximum Gasteiger partial charge on any atom is 0.328 e. The summed E-state index contributed by atoms with van der Waals surface area (Å²) in [6.07, 6.45) is 0.480. The van der Waals surface area contributed by atoms with Gasteiger partial charge in [-0.3, -0.25) is 0 Å². The molecular weight excluding hydrogens is 554 g/mol. The van der Waals surface area contributed by atoms with Crippen LogP contribution in [0.25, 0.3) is 10.9 Å². The van der Waals surface area contributed by atoms with Crippen molar-refractivity contribution < 1.29 is 9.53 Å². The fourth-order valence-corrected chi connectivity index (χ4v) is 6.70. The molecule has 7 rings (SSSR count). The number of ether oxygens (including phenoxy) is 1. The Balaban J connectivity index is 1.42. The quantitative estimate of drug-likeness (QED) is 0.347. The molecule has 11 heteroatoms. The maximum atomic E-state index is 13.7. The van der Waals surface area contributed by atoms with Gasteiger partial charge in [-0.1, -0.05) is 48.0 Å². The molecule has 5 heterocycles. The van der Waals surface area contributed by atoms with Gasteiger partial charge in [-0.05, 0) is 38.2 Å². The van der Waals surface area contributed by atoms with Crippen molar-refractivity contribution >= 4 is 34.7 Å². The zero-order valence-electron chi connectivity index (χ0n) is 26.0. The Morgan fingerprint density at radius 3 is 1.95 bits per heavy atom. The molecule has 0 aliphatic carbocycles. The molecule has 0 radical (unpaired) electrons. The normalized spacial score (nSPS) is 21.5. The molecule has 0 spiro atoms. The van der Waals surface area contributed by atoms with Gasteiger partial charge in [0, 0.05) is 75.4 Å². The molecule has 2 saturated heterocycles. The first-order valence-corrected chi connectivity index (χ1v) is 15.5. The smallest absolute Gasteiger partial charge is 0.328 e. The van der Waals surface area contributed by atoms with E-state index in [2.05, 4.69) is 86.9 Å². The Hall–Kier alpha value is -4.22. The molecule has 11 nitrogen and oxygen atoms in total. The van der Waals surface area contributed by atoms with Gasteiger partial charge in [-0.15, -0.1) is 0 Å². The minimum absolute atomic E-state index is 0.305. The molecule has 2 atom stereocenters. The highest BCUT2D eigenvalue weighted by atomic mass is 16.5. The van der Waals surface area contributed by atoms with Crippen molar-refractivity contribution in [1.29, 1.82) is 0 Å². The second kappa shape index (κ2) is 11.7. The van der Waals surface area contributed by atoms with Crippen LogP contribution in [0.2, 0.25) is 0 Å². The summed E-state index contributed by atoms with van der Waals surface area (Å²) in [5, 5.41) is 1.13. The van der Waals surface area contributed by atoms with Crippen molar-refractivity contribution in [2.45, 2.75) is 25.4 Å². The van der Waals surface area contributed by atoms with Gasteiger partial charge >= 0.3 is 5.97 Å². The fraction of sp³-hybridized carbons (Fsp3) is 0.455. The van der Waals surface area contributed by atoms with Gasteiger partial charge < -0.3 is 34.2 Å². The first-order valence-electron chi connectivity index (χ1n) is 15.5. The van der Waals surface area contributed by atoms with E-state index in [-0.39, 0.29) is 12.0 Å². The van der Waals surface area contributed by atoms with E-state index in [1.165, 1.54) is 12.7 Å². The van der Waals surface area contributed by atoms with Gasteiger partial charge in [0.1, 0.15) is 6.04 Å². The number of carbonyl (C=O) groups excluding carboxylic acids is 1. The van der Waals surface area contributed by atoms with Crippen molar-refractivity contribution in [3.8, 4) is 0 Å². The molecule has 4 aromatic rings. The van der Waals surface area contributed by atoms with Crippen molar-refractivity contribution in [1.82, 2.24) is 29.7 Å². The van der Waals surface area contributed by atoms with Crippen LogP contribution in [0.5, 0.6) is 0 Å². The van der Waals surface area contributed by atoms with Crippen LogP contribution < -0.4 is 14.7 Å². The first kappa shape index (κ1) is 28.5. The number of hydrogen-bond acceptors (Lipinski definition) is 10. The average Bonchev–Trinajstić information content (AvgIpc) is 3.43. The molecule has 0 saturated carbocycles. The zero-order chi connectivity index (χ0) is 30.4. The molecule has 1 N–H and O–H groups in total. The summed E-state index contributed by atoms with van der Waals surface area (Å²) in [5.74, 6) is 1.50. The van der Waals surface area contributed by atoms with Crippen molar-refractivity contribution in [2.24, 2.45) is 0 Å². The van der Waals surface area contributed by atoms with Crippen LogP contribution in [0.4, 0.5) is 17.8 Å². The number of piperazine rings is 2. The number of likely N-dealkylation sites (N-methyl/N-ethyl adjacent to an activating group) is 2. The van der Waals surface area contributed by atoms with E-state index in [9.17, 15) is 4.79 Å². The standard InChI is InChI=1S/C33H41N9O2/c1-22-9-11-23(12-10-22)29-28-25(24-7-5-6-8-26(24)34-28)21-27(30(43)44-4)42(29)33-36-31(40-17-13-38(2)14-18-40)35-32(37-33)41-19-15-39(3)16-20-41/h5-12,27,29,34H,13-21H2,1-4H3/t27-,29+/m0/s1. The lowest BCUT2D eigenvalue weighted by atomic mass is 9.88. The summed E-state index contributed by atoms with van der Waals surface area (Å²) in [4.78, 5) is 44.0. The van der Waals surface area contributed by atoms with Crippen molar-refractivity contribution in [3.05, 3.63) is 70.9 Å². The number of fused-ring (bicyclic) bond motifs is 3. The van der Waals surface area contributed by atoms with Gasteiger partial charge in [-0.2, -0.15) is 15.0 Å². The highest BCUT2D eigenvalue weighted by Gasteiger charge is 2.43. The Labute approximate surface area is 258 Å². The molecule has 2 fully saturated rings. The number of aromatic amines is 1. The minimum atomic E-state index is -0.624. The molecule has 0 amide bonds. The Kier molecular flexibility index (Phi) is 7.59. The second-order valence-electron chi connectivity index (χ2n) is 12.3. The van der Waals surface area contributed by atoms with Gasteiger partial charge in [-0.25, -0.2) is 4.79 Å². The van der Waals surface area contributed by atoms with Gasteiger partial charge in [0.2, 0.25) is 17.8 Å². The topological polar surface area (TPSA) is 97.0 Å². The second-order valence-corrected chi connectivity index (χ2v) is 12.3. The fourth-order valence-electron chi connectivity index (χ4n) is 6.70. The molecule has 0 unspecified atom stereocenters. The maximum absolute atomic E-state index is 13.7. The third-order valence-electron chi connectivity index (χ3n) is 9.40. The number of carbonyl (C=O) groups is 1. The number of H-pyrrole nitrogens is 1. The van der Waals surface area contributed by atoms with Crippen LogP contribution in [-0.4, -0.2) is 115 Å². The van der Waals surface area contributed by atoms with E-state index in [0.717, 1.165) is 80.1 Å². The van der Waals surface area contributed by atoms with E-state index in [0.29, 0.717) is 24.3 Å². The van der Waals surface area contributed by atoms with Gasteiger partial charge in [0.25, 0.3) is 0 Å². The summed E-state index contributed by atoms with van der Waals surface area (Å²) in [6.45, 7) is 9.14. The number of esters is 1. The van der Waals surface area contributed by atoms with Crippen LogP contribution in [0.1, 0.15) is 28.4 Å². The Morgan fingerprint density at radius 2 is 1.36 bits per heavy atom. The third kappa shape index (κ3) is 5.24. The molecule has 2 aromatic carbocycles. The lowest BCUT2D eigenvalue weighted by molar-refractivity contribution is -0.142. The highest BCUT2D eigenvalue weighted by Crippen LogP contribution is 2.43. The van der Waals surface area contributed by atoms with Crippen LogP contribution in [0.3, 0.4) is 0 Å². The SMILES string of the molecule is COC(=O)[C@@H]1Cc2c([nH]c3ccccc23)[C@@H](c2ccc(C)cc2)N1c1nc(N2CCN(C)CC2)nc(N2CCN(C)CC2)n1. The van der Waals surface area contributed by atoms with Gasteiger partial charge in [0.15, 0.2) is 0 Å². The monoisotopic (exact) mass is 595 g/mol. The number of aryl methyl sites for hydroxylation is 1. The largest absolute Gasteiger partial charge is 0.467 e. The number of methoxy groups -OCH3 is 1. The van der Waals surface area contributed by atoms with Gasteiger partial charge in [0.05, 0.1) is 13.2 Å². The summed E-state index contributed by atoms with van der Waals surface area (Å²) in [5.41, 5.74) is 5.46. The molecule has 44 heavy (non-hydrogen) atoms. The van der Waals surface area contributed by atoms with E-state index in [4.69, 9.17) is 19.7 Å². The summed E-state index contributed by atoms with van der Waals surface area (Å²) < 4.78 is 5.47. The lowest BCUT2D eigenvalue weighted by Crippen LogP contribution is -2.51. The summed E-state index contributed by atoms with van der Waals surface area (Å²) in [6, 6.07) is 15.9. The highest BCUT2D eigenvalue weighted by molar-refractivity contribution is 5.89.